The molecule has 0 aliphatic carbocycles. The molecule has 1 fully saturated rings. The lowest BCUT2D eigenvalue weighted by Gasteiger charge is -2.29. The predicted octanol–water partition coefficient (Wildman–Crippen LogP) is 2.70. The van der Waals surface area contributed by atoms with E-state index in [0.29, 0.717) is 30.3 Å². The van der Waals surface area contributed by atoms with E-state index < -0.39 is 17.8 Å². The van der Waals surface area contributed by atoms with E-state index in [4.69, 9.17) is 9.47 Å². The molecule has 1 heterocycles. The molecule has 1 saturated heterocycles. The SMILES string of the molecule is CCCOc1ccc(C=C2C(=O)N(C)C(=O)N(C)C2=O)c(OCCC)c1. The minimum atomic E-state index is -0.650. The second-order valence-electron chi connectivity index (χ2n) is 5.97. The lowest BCUT2D eigenvalue weighted by molar-refractivity contribution is -0.134. The number of carbonyl (C=O) groups is 3. The summed E-state index contributed by atoms with van der Waals surface area (Å²) in [6.45, 7) is 5.08. The molecule has 0 saturated carbocycles. The molecule has 1 aromatic rings. The Morgan fingerprint density at radius 1 is 0.923 bits per heavy atom. The van der Waals surface area contributed by atoms with E-state index in [9.17, 15) is 14.4 Å². The second-order valence-corrected chi connectivity index (χ2v) is 5.97. The lowest BCUT2D eigenvalue weighted by atomic mass is 10.1. The summed E-state index contributed by atoms with van der Waals surface area (Å²) >= 11 is 0. The van der Waals surface area contributed by atoms with Gasteiger partial charge in [-0.15, -0.1) is 0 Å². The number of rotatable bonds is 7. The first-order valence-corrected chi connectivity index (χ1v) is 8.62. The van der Waals surface area contributed by atoms with Crippen LogP contribution in [0.1, 0.15) is 32.3 Å². The van der Waals surface area contributed by atoms with Gasteiger partial charge < -0.3 is 9.47 Å². The predicted molar refractivity (Wildman–Crippen MR) is 96.9 cm³/mol. The zero-order valence-corrected chi connectivity index (χ0v) is 15.6. The van der Waals surface area contributed by atoms with Crippen molar-refractivity contribution in [3.05, 3.63) is 29.3 Å². The minimum Gasteiger partial charge on any atom is -0.493 e. The number of hydrogen-bond acceptors (Lipinski definition) is 5. The van der Waals surface area contributed by atoms with Gasteiger partial charge in [-0.1, -0.05) is 13.8 Å². The molecule has 26 heavy (non-hydrogen) atoms. The number of likely N-dealkylation sites (N-methyl/N-ethyl adjacent to an activating group) is 2. The summed E-state index contributed by atoms with van der Waals surface area (Å²) in [5.74, 6) is -0.0849. The first kappa shape index (κ1) is 19.5. The molecule has 7 heteroatoms. The van der Waals surface area contributed by atoms with Gasteiger partial charge in [-0.3, -0.25) is 19.4 Å². The van der Waals surface area contributed by atoms with Gasteiger partial charge in [0, 0.05) is 25.7 Å². The van der Waals surface area contributed by atoms with Crippen molar-refractivity contribution in [3.8, 4) is 11.5 Å². The highest BCUT2D eigenvalue weighted by atomic mass is 16.5. The first-order chi connectivity index (χ1) is 12.4. The van der Waals surface area contributed by atoms with Gasteiger partial charge in [-0.25, -0.2) is 4.79 Å². The molecule has 1 aliphatic rings. The Bertz CT molecular complexity index is 715. The van der Waals surface area contributed by atoms with Crippen LogP contribution in [0.5, 0.6) is 11.5 Å². The quantitative estimate of drug-likeness (QED) is 0.552. The van der Waals surface area contributed by atoms with Crippen molar-refractivity contribution in [2.24, 2.45) is 0 Å². The van der Waals surface area contributed by atoms with Crippen molar-refractivity contribution in [1.29, 1.82) is 0 Å². The van der Waals surface area contributed by atoms with Gasteiger partial charge in [0.05, 0.1) is 13.2 Å². The molecule has 0 bridgehead atoms. The molecule has 0 atom stereocenters. The third kappa shape index (κ3) is 4.04. The van der Waals surface area contributed by atoms with E-state index in [1.807, 2.05) is 13.8 Å². The van der Waals surface area contributed by atoms with Crippen LogP contribution in [0, 0.1) is 0 Å². The number of barbiturate groups is 1. The van der Waals surface area contributed by atoms with E-state index in [-0.39, 0.29) is 5.57 Å². The van der Waals surface area contributed by atoms with Crippen LogP contribution in [0.25, 0.3) is 6.08 Å². The average molecular weight is 360 g/mol. The lowest BCUT2D eigenvalue weighted by Crippen LogP contribution is -2.52. The van der Waals surface area contributed by atoms with Crippen molar-refractivity contribution < 1.29 is 23.9 Å². The van der Waals surface area contributed by atoms with E-state index in [1.54, 1.807) is 18.2 Å². The first-order valence-electron chi connectivity index (χ1n) is 8.62. The topological polar surface area (TPSA) is 76.2 Å². The van der Waals surface area contributed by atoms with E-state index >= 15 is 0 Å². The van der Waals surface area contributed by atoms with Crippen LogP contribution < -0.4 is 9.47 Å². The molecule has 7 nitrogen and oxygen atoms in total. The summed E-state index contributed by atoms with van der Waals surface area (Å²) in [6.07, 6.45) is 3.15. The summed E-state index contributed by atoms with van der Waals surface area (Å²) < 4.78 is 11.4. The van der Waals surface area contributed by atoms with Crippen LogP contribution in [0.15, 0.2) is 23.8 Å². The van der Waals surface area contributed by atoms with Crippen LogP contribution in [0.2, 0.25) is 0 Å². The Balaban J connectivity index is 2.42. The molecule has 1 aliphatic heterocycles. The van der Waals surface area contributed by atoms with Crippen LogP contribution in [-0.4, -0.2) is 55.0 Å². The highest BCUT2D eigenvalue weighted by Crippen LogP contribution is 2.29. The largest absolute Gasteiger partial charge is 0.493 e. The molecule has 0 unspecified atom stereocenters. The minimum absolute atomic E-state index is 0.0850. The Morgan fingerprint density at radius 3 is 2.08 bits per heavy atom. The molecular formula is C19H24N2O5. The summed E-state index contributed by atoms with van der Waals surface area (Å²) in [7, 11) is 2.69. The number of nitrogens with zero attached hydrogens (tertiary/aromatic N) is 2. The van der Waals surface area contributed by atoms with Crippen LogP contribution in [0.4, 0.5) is 4.79 Å². The number of imide groups is 2. The van der Waals surface area contributed by atoms with Gasteiger partial charge in [-0.2, -0.15) is 0 Å². The Kier molecular flexibility index (Phi) is 6.38. The second kappa shape index (κ2) is 8.51. The van der Waals surface area contributed by atoms with Gasteiger partial charge in [0.15, 0.2) is 0 Å². The van der Waals surface area contributed by atoms with Crippen molar-refractivity contribution in [3.63, 3.8) is 0 Å². The Labute approximate surface area is 153 Å². The van der Waals surface area contributed by atoms with Crippen molar-refractivity contribution in [2.75, 3.05) is 27.3 Å². The van der Waals surface area contributed by atoms with Crippen molar-refractivity contribution >= 4 is 23.9 Å². The molecule has 0 N–H and O–H groups in total. The maximum absolute atomic E-state index is 12.4. The molecule has 0 aromatic heterocycles. The van der Waals surface area contributed by atoms with Gasteiger partial charge in [-0.05, 0) is 31.1 Å². The molecule has 1 aromatic carbocycles. The standard InChI is InChI=1S/C19H24N2O5/c1-5-9-25-14-8-7-13(16(12-14)26-10-6-2)11-15-17(22)20(3)19(24)21(4)18(15)23/h7-8,11-12H,5-6,9-10H2,1-4H3. The van der Waals surface area contributed by atoms with Crippen molar-refractivity contribution in [2.45, 2.75) is 26.7 Å². The molecule has 140 valence electrons. The summed E-state index contributed by atoms with van der Waals surface area (Å²) in [4.78, 5) is 38.4. The molecule has 0 radical (unpaired) electrons. The third-order valence-corrected chi connectivity index (χ3v) is 3.86. The fraction of sp³-hybridized carbons (Fsp3) is 0.421. The van der Waals surface area contributed by atoms with E-state index in [1.165, 1.54) is 20.2 Å². The molecule has 2 rings (SSSR count). The number of carbonyl (C=O) groups excluding carboxylic acids is 3. The third-order valence-electron chi connectivity index (χ3n) is 3.86. The summed E-state index contributed by atoms with van der Waals surface area (Å²) in [6, 6.07) is 4.59. The fourth-order valence-corrected chi connectivity index (χ4v) is 2.41. The van der Waals surface area contributed by atoms with E-state index in [2.05, 4.69) is 0 Å². The van der Waals surface area contributed by atoms with Gasteiger partial charge in [0.25, 0.3) is 11.8 Å². The Morgan fingerprint density at radius 2 is 1.50 bits per heavy atom. The average Bonchev–Trinajstić information content (AvgIpc) is 2.65. The van der Waals surface area contributed by atoms with Gasteiger partial charge in [0.2, 0.25) is 0 Å². The number of urea groups is 1. The van der Waals surface area contributed by atoms with Crippen molar-refractivity contribution in [1.82, 2.24) is 9.80 Å². The highest BCUT2D eigenvalue weighted by molar-refractivity contribution is 6.30. The molecular weight excluding hydrogens is 336 g/mol. The molecule has 4 amide bonds. The maximum Gasteiger partial charge on any atom is 0.333 e. The number of ether oxygens (including phenoxy) is 2. The zero-order chi connectivity index (χ0) is 19.3. The normalized spacial score (nSPS) is 14.8. The summed E-state index contributed by atoms with van der Waals surface area (Å²) in [5.41, 5.74) is 0.494. The van der Waals surface area contributed by atoms with Crippen LogP contribution in [-0.2, 0) is 9.59 Å². The highest BCUT2D eigenvalue weighted by Gasteiger charge is 2.37. The number of benzene rings is 1. The van der Waals surface area contributed by atoms with Gasteiger partial charge in [0.1, 0.15) is 17.1 Å². The number of amides is 4. The smallest absolute Gasteiger partial charge is 0.333 e. The monoisotopic (exact) mass is 360 g/mol. The summed E-state index contributed by atoms with van der Waals surface area (Å²) in [5, 5.41) is 0. The fourth-order valence-electron chi connectivity index (χ4n) is 2.41. The molecule has 0 spiro atoms. The zero-order valence-electron chi connectivity index (χ0n) is 15.6. The van der Waals surface area contributed by atoms with E-state index in [0.717, 1.165) is 22.6 Å². The Hall–Kier alpha value is -2.83. The number of hydrogen-bond donors (Lipinski definition) is 0. The van der Waals surface area contributed by atoms with Gasteiger partial charge >= 0.3 is 6.03 Å². The maximum atomic E-state index is 12.4. The van der Waals surface area contributed by atoms with Crippen LogP contribution in [0.3, 0.4) is 0 Å². The van der Waals surface area contributed by atoms with Crippen LogP contribution >= 0.6 is 0 Å².